The van der Waals surface area contributed by atoms with Crippen LogP contribution in [-0.4, -0.2) is 67.8 Å². The molecule has 2 heterocycles. The minimum atomic E-state index is -0.313. The predicted molar refractivity (Wildman–Crippen MR) is 152 cm³/mol. The highest BCUT2D eigenvalue weighted by Crippen LogP contribution is 2.41. The van der Waals surface area contributed by atoms with E-state index in [0.29, 0.717) is 29.9 Å². The van der Waals surface area contributed by atoms with Crippen molar-refractivity contribution in [3.05, 3.63) is 23.3 Å². The molecule has 1 aromatic rings. The average molecular weight is 561 g/mol. The van der Waals surface area contributed by atoms with Crippen molar-refractivity contribution in [2.45, 2.75) is 121 Å². The van der Waals surface area contributed by atoms with Crippen molar-refractivity contribution in [3.8, 4) is 11.5 Å². The van der Waals surface area contributed by atoms with Crippen LogP contribution in [0.5, 0.6) is 11.5 Å². The largest absolute Gasteiger partial charge is 0.497 e. The third-order valence-electron chi connectivity index (χ3n) is 8.59. The van der Waals surface area contributed by atoms with Gasteiger partial charge < -0.3 is 29.4 Å². The van der Waals surface area contributed by atoms with Crippen LogP contribution in [0.3, 0.4) is 0 Å². The molecule has 1 saturated carbocycles. The Balaban J connectivity index is 1.07. The van der Waals surface area contributed by atoms with Crippen LogP contribution in [-0.2, 0) is 9.47 Å². The minimum absolute atomic E-state index is 0.0604. The Morgan fingerprint density at radius 2 is 1.70 bits per heavy atom. The number of methoxy groups -OCH3 is 2. The molecule has 9 heteroatoms. The Bertz CT molecular complexity index is 963. The third kappa shape index (κ3) is 8.49. The summed E-state index contributed by atoms with van der Waals surface area (Å²) in [5, 5.41) is 12.8. The van der Waals surface area contributed by atoms with Gasteiger partial charge in [-0.05, 0) is 70.3 Å². The molecule has 1 aromatic carbocycles. The third-order valence-corrected chi connectivity index (χ3v) is 8.59. The molecular weight excluding hydrogens is 512 g/mol. The number of ether oxygens (including phenoxy) is 4. The number of rotatable bonds is 14. The number of nitrogens with zero attached hydrogens (tertiary/aromatic N) is 1. The number of unbranched alkanes of at least 4 members (excludes halogenated alkanes) is 6. The normalized spacial score (nSPS) is 24.7. The van der Waals surface area contributed by atoms with Crippen LogP contribution in [0, 0.1) is 0 Å². The number of nitrogens with one attached hydrogen (secondary N) is 1. The molecule has 2 fully saturated rings. The number of aliphatic hydroxyl groups is 1. The molecule has 1 saturated heterocycles. The van der Waals surface area contributed by atoms with E-state index in [1.165, 1.54) is 32.1 Å². The first kappa shape index (κ1) is 30.4. The molecule has 224 valence electrons. The van der Waals surface area contributed by atoms with Crippen molar-refractivity contribution in [1.29, 1.82) is 0 Å². The molecule has 3 aliphatic rings. The molecule has 0 spiro atoms. The number of hydrogen-bond acceptors (Lipinski definition) is 8. The van der Waals surface area contributed by atoms with Gasteiger partial charge in [-0.2, -0.15) is 0 Å². The molecule has 40 heavy (non-hydrogen) atoms. The first-order valence-corrected chi connectivity index (χ1v) is 15.3. The van der Waals surface area contributed by atoms with Gasteiger partial charge in [-0.15, -0.1) is 0 Å². The van der Waals surface area contributed by atoms with Crippen LogP contribution >= 0.6 is 0 Å². The smallest absolute Gasteiger partial charge is 0.408 e. The van der Waals surface area contributed by atoms with Crippen molar-refractivity contribution in [3.63, 3.8) is 0 Å². The van der Waals surface area contributed by atoms with Gasteiger partial charge in [0.05, 0.1) is 26.5 Å². The SMILES string of the molecule is COc1cc(OC)c2c(c1)[C@@H](CCCCCCCCCN1CCCCC1NC(=O)OC1CCC(O)CC1)OC2=O. The van der Waals surface area contributed by atoms with Gasteiger partial charge in [0, 0.05) is 24.7 Å². The van der Waals surface area contributed by atoms with Crippen LogP contribution in [0.15, 0.2) is 12.1 Å². The highest BCUT2D eigenvalue weighted by atomic mass is 16.6. The van der Waals surface area contributed by atoms with Gasteiger partial charge in [0.15, 0.2) is 0 Å². The molecule has 0 radical (unpaired) electrons. The number of benzene rings is 1. The number of cyclic esters (lactones) is 1. The molecule has 9 nitrogen and oxygen atoms in total. The van der Waals surface area contributed by atoms with E-state index in [4.69, 9.17) is 18.9 Å². The van der Waals surface area contributed by atoms with Crippen LogP contribution in [0.25, 0.3) is 0 Å². The van der Waals surface area contributed by atoms with Gasteiger partial charge in [-0.3, -0.25) is 4.90 Å². The topological polar surface area (TPSA) is 107 Å². The summed E-state index contributed by atoms with van der Waals surface area (Å²) in [6.45, 7) is 2.02. The average Bonchev–Trinajstić information content (AvgIpc) is 3.28. The summed E-state index contributed by atoms with van der Waals surface area (Å²) in [5.74, 6) is 0.869. The van der Waals surface area contributed by atoms with E-state index >= 15 is 0 Å². The van der Waals surface area contributed by atoms with E-state index in [2.05, 4.69) is 10.2 Å². The summed E-state index contributed by atoms with van der Waals surface area (Å²) in [5.41, 5.74) is 1.40. The van der Waals surface area contributed by atoms with Crippen molar-refractivity contribution >= 4 is 12.1 Å². The summed E-state index contributed by atoms with van der Waals surface area (Å²) in [6.07, 6.45) is 14.2. The number of alkyl carbamates (subject to hydrolysis) is 1. The summed E-state index contributed by atoms with van der Waals surface area (Å²) in [4.78, 5) is 27.3. The van der Waals surface area contributed by atoms with Crippen LogP contribution in [0.1, 0.15) is 118 Å². The zero-order valence-electron chi connectivity index (χ0n) is 24.3. The fourth-order valence-electron chi connectivity index (χ4n) is 6.26. The number of fused-ring (bicyclic) bond motifs is 1. The second-order valence-corrected chi connectivity index (χ2v) is 11.5. The Morgan fingerprint density at radius 3 is 2.42 bits per heavy atom. The van der Waals surface area contributed by atoms with Gasteiger partial charge >= 0.3 is 12.1 Å². The number of carbonyl (C=O) groups excluding carboxylic acids is 2. The lowest BCUT2D eigenvalue weighted by Gasteiger charge is -2.36. The molecule has 0 aromatic heterocycles. The van der Waals surface area contributed by atoms with Crippen LogP contribution < -0.4 is 14.8 Å². The molecule has 2 N–H and O–H groups in total. The van der Waals surface area contributed by atoms with Crippen molar-refractivity contribution < 1.29 is 33.6 Å². The Hall–Kier alpha value is -2.52. The minimum Gasteiger partial charge on any atom is -0.497 e. The van der Waals surface area contributed by atoms with E-state index in [0.717, 1.165) is 70.0 Å². The van der Waals surface area contributed by atoms with E-state index in [1.54, 1.807) is 20.3 Å². The molecule has 2 atom stereocenters. The van der Waals surface area contributed by atoms with Gasteiger partial charge in [-0.1, -0.05) is 32.1 Å². The lowest BCUT2D eigenvalue weighted by atomic mass is 9.95. The molecular formula is C31H48N2O7. The number of hydrogen-bond donors (Lipinski definition) is 2. The molecule has 1 aliphatic carbocycles. The van der Waals surface area contributed by atoms with E-state index < -0.39 is 0 Å². The van der Waals surface area contributed by atoms with Crippen molar-refractivity contribution in [2.75, 3.05) is 27.3 Å². The highest BCUT2D eigenvalue weighted by molar-refractivity contribution is 5.97. The number of aliphatic hydroxyl groups excluding tert-OH is 1. The van der Waals surface area contributed by atoms with Gasteiger partial charge in [0.2, 0.25) is 0 Å². The quantitative estimate of drug-likeness (QED) is 0.215. The molecule has 0 bridgehead atoms. The first-order valence-electron chi connectivity index (χ1n) is 15.3. The fourth-order valence-corrected chi connectivity index (χ4v) is 6.26. The summed E-state index contributed by atoms with van der Waals surface area (Å²) in [6, 6.07) is 3.62. The monoisotopic (exact) mass is 560 g/mol. The molecule has 4 rings (SSSR count). The lowest BCUT2D eigenvalue weighted by molar-refractivity contribution is 0.0254. The lowest BCUT2D eigenvalue weighted by Crippen LogP contribution is -2.51. The molecule has 1 unspecified atom stereocenters. The van der Waals surface area contributed by atoms with E-state index in [1.807, 2.05) is 6.07 Å². The van der Waals surface area contributed by atoms with Crippen LogP contribution in [0.2, 0.25) is 0 Å². The molecule has 2 aliphatic heterocycles. The maximum Gasteiger partial charge on any atom is 0.408 e. The summed E-state index contributed by atoms with van der Waals surface area (Å²) >= 11 is 0. The summed E-state index contributed by atoms with van der Waals surface area (Å²) in [7, 11) is 3.16. The van der Waals surface area contributed by atoms with Gasteiger partial charge in [0.1, 0.15) is 29.3 Å². The first-order chi connectivity index (χ1) is 19.5. The summed E-state index contributed by atoms with van der Waals surface area (Å²) < 4.78 is 22.0. The Labute approximate surface area is 238 Å². The second kappa shape index (κ2) is 15.5. The maximum atomic E-state index is 12.5. The molecule has 1 amide bonds. The Kier molecular flexibility index (Phi) is 11.8. The fraction of sp³-hybridized carbons (Fsp3) is 0.742. The number of amides is 1. The standard InChI is InChI=1S/C31H48N2O7/c1-37-24-20-25-26(40-30(35)29(25)27(21-24)38-2)12-8-6-4-3-5-7-10-18-33-19-11-9-13-28(33)32-31(36)39-23-16-14-22(34)15-17-23/h20-23,26,28,34H,3-19H2,1-2H3,(H,32,36)/t22?,23?,26-,28?/m1/s1. The Morgan fingerprint density at radius 1 is 0.975 bits per heavy atom. The maximum absolute atomic E-state index is 12.5. The van der Waals surface area contributed by atoms with Crippen LogP contribution in [0.4, 0.5) is 4.79 Å². The van der Waals surface area contributed by atoms with Crippen molar-refractivity contribution in [2.24, 2.45) is 0 Å². The number of esters is 1. The number of likely N-dealkylation sites (tertiary alicyclic amines) is 1. The van der Waals surface area contributed by atoms with Crippen molar-refractivity contribution in [1.82, 2.24) is 10.2 Å². The second-order valence-electron chi connectivity index (χ2n) is 11.5. The predicted octanol–water partition coefficient (Wildman–Crippen LogP) is 5.88. The number of piperidine rings is 1. The number of carbonyl (C=O) groups is 2. The zero-order valence-corrected chi connectivity index (χ0v) is 24.3. The van der Waals surface area contributed by atoms with E-state index in [-0.39, 0.29) is 36.5 Å². The van der Waals surface area contributed by atoms with E-state index in [9.17, 15) is 14.7 Å². The highest BCUT2D eigenvalue weighted by Gasteiger charge is 2.34. The zero-order chi connectivity index (χ0) is 28.3. The van der Waals surface area contributed by atoms with Gasteiger partial charge in [-0.25, -0.2) is 9.59 Å². The van der Waals surface area contributed by atoms with Gasteiger partial charge in [0.25, 0.3) is 0 Å².